The van der Waals surface area contributed by atoms with Crippen molar-refractivity contribution in [3.05, 3.63) is 18.2 Å². The Kier molecular flexibility index (Phi) is 5.15. The highest BCUT2D eigenvalue weighted by Crippen LogP contribution is 2.08. The van der Waals surface area contributed by atoms with Gasteiger partial charge in [-0.3, -0.25) is 9.69 Å². The summed E-state index contributed by atoms with van der Waals surface area (Å²) >= 11 is 0. The van der Waals surface area contributed by atoms with E-state index in [9.17, 15) is 9.59 Å². The average Bonchev–Trinajstić information content (AvgIpc) is 3.00. The van der Waals surface area contributed by atoms with E-state index in [0.717, 1.165) is 5.82 Å². The zero-order chi connectivity index (χ0) is 15.2. The lowest BCUT2D eigenvalue weighted by Gasteiger charge is -2.34. The second-order valence-electron chi connectivity index (χ2n) is 5.12. The molecule has 3 N–H and O–H groups in total. The molecule has 8 heteroatoms. The molecule has 0 aromatic carbocycles. The molecular formula is C13H21N5O3. The zero-order valence-electron chi connectivity index (χ0n) is 12.1. The van der Waals surface area contributed by atoms with E-state index >= 15 is 0 Å². The Morgan fingerprint density at radius 1 is 1.43 bits per heavy atom. The summed E-state index contributed by atoms with van der Waals surface area (Å²) in [7, 11) is 0. The van der Waals surface area contributed by atoms with Crippen LogP contribution < -0.4 is 5.32 Å². The Morgan fingerprint density at radius 3 is 2.71 bits per heavy atom. The molecule has 1 saturated heterocycles. The number of aliphatic carboxylic acids is 1. The quantitative estimate of drug-likeness (QED) is 0.724. The van der Waals surface area contributed by atoms with Gasteiger partial charge >= 0.3 is 12.0 Å². The van der Waals surface area contributed by atoms with Crippen LogP contribution in [0, 0.1) is 0 Å². The predicted molar refractivity (Wildman–Crippen MR) is 75.8 cm³/mol. The zero-order valence-corrected chi connectivity index (χ0v) is 12.1. The summed E-state index contributed by atoms with van der Waals surface area (Å²) in [6, 6.07) is -0.283. The van der Waals surface area contributed by atoms with Crippen LogP contribution in [0.2, 0.25) is 0 Å². The van der Waals surface area contributed by atoms with E-state index < -0.39 is 5.97 Å². The molecule has 1 aliphatic heterocycles. The summed E-state index contributed by atoms with van der Waals surface area (Å²) in [6.45, 7) is 5.03. The molecule has 2 heterocycles. The van der Waals surface area contributed by atoms with Gasteiger partial charge in [0.15, 0.2) is 0 Å². The SMILES string of the molecule is CC(NC(=O)N1CCN(CCC(=O)O)CC1)c1ncc[nH]1. The minimum absolute atomic E-state index is 0.114. The largest absolute Gasteiger partial charge is 0.481 e. The Labute approximate surface area is 123 Å². The number of piperazine rings is 1. The van der Waals surface area contributed by atoms with Crippen molar-refractivity contribution in [1.82, 2.24) is 25.1 Å². The number of urea groups is 1. The number of nitrogens with zero attached hydrogens (tertiary/aromatic N) is 3. The number of H-pyrrole nitrogens is 1. The van der Waals surface area contributed by atoms with Gasteiger partial charge in [0.1, 0.15) is 5.82 Å². The van der Waals surface area contributed by atoms with Crippen molar-refractivity contribution in [2.45, 2.75) is 19.4 Å². The van der Waals surface area contributed by atoms with Crippen LogP contribution in [0.5, 0.6) is 0 Å². The van der Waals surface area contributed by atoms with Gasteiger partial charge in [-0.25, -0.2) is 9.78 Å². The van der Waals surface area contributed by atoms with E-state index in [1.165, 1.54) is 0 Å². The molecule has 0 radical (unpaired) electrons. The number of carboxylic acid groups (broad SMARTS) is 1. The first-order chi connectivity index (χ1) is 10.1. The number of imidazole rings is 1. The van der Waals surface area contributed by atoms with Gasteiger partial charge in [0, 0.05) is 45.1 Å². The minimum Gasteiger partial charge on any atom is -0.481 e. The van der Waals surface area contributed by atoms with Gasteiger partial charge in [-0.05, 0) is 6.92 Å². The minimum atomic E-state index is -0.789. The number of aromatic amines is 1. The van der Waals surface area contributed by atoms with Gasteiger partial charge in [0.2, 0.25) is 0 Å². The highest BCUT2D eigenvalue weighted by molar-refractivity contribution is 5.74. The van der Waals surface area contributed by atoms with Crippen molar-refractivity contribution in [2.24, 2.45) is 0 Å². The third-order valence-corrected chi connectivity index (χ3v) is 3.57. The molecule has 116 valence electrons. The molecule has 1 aromatic rings. The molecule has 1 aliphatic rings. The van der Waals surface area contributed by atoms with Gasteiger partial charge in [0.05, 0.1) is 12.5 Å². The molecule has 1 aromatic heterocycles. The first kappa shape index (κ1) is 15.3. The van der Waals surface area contributed by atoms with Crippen molar-refractivity contribution in [3.8, 4) is 0 Å². The maximum Gasteiger partial charge on any atom is 0.318 e. The summed E-state index contributed by atoms with van der Waals surface area (Å²) in [5, 5.41) is 11.6. The molecule has 1 fully saturated rings. The number of nitrogens with one attached hydrogen (secondary N) is 2. The Balaban J connectivity index is 1.74. The molecule has 0 bridgehead atoms. The highest BCUT2D eigenvalue weighted by atomic mass is 16.4. The van der Waals surface area contributed by atoms with Crippen LogP contribution in [0.3, 0.4) is 0 Å². The summed E-state index contributed by atoms with van der Waals surface area (Å²) in [4.78, 5) is 33.6. The van der Waals surface area contributed by atoms with E-state index in [1.54, 1.807) is 17.3 Å². The predicted octanol–water partition coefficient (Wildman–Crippen LogP) is 0.273. The first-order valence-electron chi connectivity index (χ1n) is 7.05. The molecule has 0 aliphatic carbocycles. The maximum atomic E-state index is 12.1. The number of carbonyl (C=O) groups is 2. The third-order valence-electron chi connectivity index (χ3n) is 3.57. The summed E-state index contributed by atoms with van der Waals surface area (Å²) in [5.41, 5.74) is 0. The van der Waals surface area contributed by atoms with Crippen LogP contribution in [-0.2, 0) is 4.79 Å². The second kappa shape index (κ2) is 7.07. The topological polar surface area (TPSA) is 102 Å². The van der Waals surface area contributed by atoms with Crippen LogP contribution in [0.25, 0.3) is 0 Å². The number of carboxylic acids is 1. The lowest BCUT2D eigenvalue weighted by atomic mass is 10.3. The number of hydrogen-bond donors (Lipinski definition) is 3. The monoisotopic (exact) mass is 295 g/mol. The van der Waals surface area contributed by atoms with E-state index in [-0.39, 0.29) is 18.5 Å². The fraction of sp³-hybridized carbons (Fsp3) is 0.615. The smallest absolute Gasteiger partial charge is 0.318 e. The average molecular weight is 295 g/mol. The van der Waals surface area contributed by atoms with Crippen LogP contribution in [-0.4, -0.2) is 69.6 Å². The van der Waals surface area contributed by atoms with Gasteiger partial charge in [-0.15, -0.1) is 0 Å². The van der Waals surface area contributed by atoms with Crippen LogP contribution in [0.15, 0.2) is 12.4 Å². The van der Waals surface area contributed by atoms with Crippen LogP contribution in [0.4, 0.5) is 4.79 Å². The number of hydrogen-bond acceptors (Lipinski definition) is 4. The molecule has 21 heavy (non-hydrogen) atoms. The lowest BCUT2D eigenvalue weighted by molar-refractivity contribution is -0.137. The van der Waals surface area contributed by atoms with Gasteiger partial charge < -0.3 is 20.3 Å². The number of aromatic nitrogens is 2. The van der Waals surface area contributed by atoms with Crippen LogP contribution in [0.1, 0.15) is 25.2 Å². The molecule has 2 rings (SSSR count). The van der Waals surface area contributed by atoms with Gasteiger partial charge in [0.25, 0.3) is 0 Å². The molecule has 8 nitrogen and oxygen atoms in total. The Morgan fingerprint density at radius 2 is 2.14 bits per heavy atom. The first-order valence-corrected chi connectivity index (χ1v) is 7.05. The molecule has 2 amide bonds. The second-order valence-corrected chi connectivity index (χ2v) is 5.12. The number of rotatable bonds is 5. The molecular weight excluding hydrogens is 274 g/mol. The summed E-state index contributed by atoms with van der Waals surface area (Å²) in [5.74, 6) is -0.0640. The summed E-state index contributed by atoms with van der Waals surface area (Å²) in [6.07, 6.45) is 3.51. The number of carbonyl (C=O) groups excluding carboxylic acids is 1. The van der Waals surface area contributed by atoms with Crippen LogP contribution >= 0.6 is 0 Å². The number of amides is 2. The lowest BCUT2D eigenvalue weighted by Crippen LogP contribution is -2.52. The van der Waals surface area contributed by atoms with Crippen molar-refractivity contribution in [2.75, 3.05) is 32.7 Å². The molecule has 0 saturated carbocycles. The van der Waals surface area contributed by atoms with Crippen molar-refractivity contribution < 1.29 is 14.7 Å². The molecule has 0 spiro atoms. The summed E-state index contributed by atoms with van der Waals surface area (Å²) < 4.78 is 0. The maximum absolute atomic E-state index is 12.1. The normalized spacial score (nSPS) is 17.5. The van der Waals surface area contributed by atoms with Crippen molar-refractivity contribution in [3.63, 3.8) is 0 Å². The Hall–Kier alpha value is -2.09. The van der Waals surface area contributed by atoms with Crippen molar-refractivity contribution >= 4 is 12.0 Å². The van der Waals surface area contributed by atoms with E-state index in [1.807, 2.05) is 6.92 Å². The van der Waals surface area contributed by atoms with Crippen molar-refractivity contribution in [1.29, 1.82) is 0 Å². The van der Waals surface area contributed by atoms with Gasteiger partial charge in [-0.2, -0.15) is 0 Å². The Bertz CT molecular complexity index is 468. The highest BCUT2D eigenvalue weighted by Gasteiger charge is 2.22. The van der Waals surface area contributed by atoms with E-state index in [4.69, 9.17) is 5.11 Å². The fourth-order valence-corrected chi connectivity index (χ4v) is 2.29. The van der Waals surface area contributed by atoms with E-state index in [0.29, 0.717) is 32.7 Å². The standard InChI is InChI=1S/C13H21N5O3/c1-10(12-14-3-4-15-12)16-13(21)18-8-6-17(7-9-18)5-2-11(19)20/h3-4,10H,2,5-9H2,1H3,(H,14,15)(H,16,21)(H,19,20). The molecule has 1 unspecified atom stereocenters. The van der Waals surface area contributed by atoms with Gasteiger partial charge in [-0.1, -0.05) is 0 Å². The fourth-order valence-electron chi connectivity index (χ4n) is 2.29. The molecule has 1 atom stereocenters. The van der Waals surface area contributed by atoms with E-state index in [2.05, 4.69) is 20.2 Å². The third kappa shape index (κ3) is 4.45.